The minimum atomic E-state index is -0.707. The molecule has 150 valence electrons. The lowest BCUT2D eigenvalue weighted by Gasteiger charge is -2.16. The second-order valence-electron chi connectivity index (χ2n) is 6.44. The van der Waals surface area contributed by atoms with Crippen molar-refractivity contribution in [1.82, 2.24) is 0 Å². The van der Waals surface area contributed by atoms with E-state index in [1.807, 2.05) is 0 Å². The molecule has 2 aromatic carbocycles. The number of ether oxygens (including phenoxy) is 2. The minimum Gasteiger partial charge on any atom is -0.497 e. The van der Waals surface area contributed by atoms with Crippen LogP contribution in [0.15, 0.2) is 48.5 Å². The number of nitrogens with zero attached hydrogens (tertiary/aromatic N) is 2. The molecule has 0 N–H and O–H groups in total. The van der Waals surface area contributed by atoms with Crippen LogP contribution in [-0.2, 0) is 14.3 Å². The monoisotopic (exact) mass is 398 g/mol. The second kappa shape index (κ2) is 8.51. The van der Waals surface area contributed by atoms with Crippen molar-refractivity contribution in [2.24, 2.45) is 5.92 Å². The molecule has 1 aliphatic rings. The molecule has 0 spiro atoms. The lowest BCUT2D eigenvalue weighted by Crippen LogP contribution is -2.27. The number of benzene rings is 2. The van der Waals surface area contributed by atoms with E-state index >= 15 is 0 Å². The molecule has 0 aromatic heterocycles. The highest BCUT2D eigenvalue weighted by atomic mass is 16.6. The Morgan fingerprint density at radius 3 is 2.38 bits per heavy atom. The van der Waals surface area contributed by atoms with Gasteiger partial charge < -0.3 is 14.4 Å². The average molecular weight is 398 g/mol. The number of non-ortho nitro benzene ring substituents is 1. The Bertz CT molecular complexity index is 938. The molecule has 1 fully saturated rings. The average Bonchev–Trinajstić information content (AvgIpc) is 3.13. The Labute approximate surface area is 166 Å². The van der Waals surface area contributed by atoms with Crippen molar-refractivity contribution in [1.29, 1.82) is 0 Å². The fourth-order valence-corrected chi connectivity index (χ4v) is 2.98. The van der Waals surface area contributed by atoms with Gasteiger partial charge in [-0.25, -0.2) is 0 Å². The van der Waals surface area contributed by atoms with E-state index in [9.17, 15) is 24.5 Å². The topological polar surface area (TPSA) is 116 Å². The number of hydrogen-bond donors (Lipinski definition) is 0. The van der Waals surface area contributed by atoms with Crippen LogP contribution in [0.3, 0.4) is 0 Å². The summed E-state index contributed by atoms with van der Waals surface area (Å²) < 4.78 is 10.1. The van der Waals surface area contributed by atoms with E-state index < -0.39 is 23.4 Å². The molecule has 1 aliphatic heterocycles. The SMILES string of the molecule is COc1ccc(C(=O)COC(=O)[C@@H]2CC(=O)N(c3ccc([N+](=O)[O-])cc3)C2)cc1. The Morgan fingerprint density at radius 1 is 1.14 bits per heavy atom. The van der Waals surface area contributed by atoms with Crippen LogP contribution >= 0.6 is 0 Å². The van der Waals surface area contributed by atoms with Gasteiger partial charge in [0.15, 0.2) is 12.4 Å². The molecule has 9 nitrogen and oxygen atoms in total. The number of carbonyl (C=O) groups is 3. The summed E-state index contributed by atoms with van der Waals surface area (Å²) in [4.78, 5) is 48.2. The molecule has 1 saturated heterocycles. The van der Waals surface area contributed by atoms with Crippen LogP contribution in [0.2, 0.25) is 0 Å². The summed E-state index contributed by atoms with van der Waals surface area (Å²) in [6.07, 6.45) is -0.0491. The molecular weight excluding hydrogens is 380 g/mol. The Balaban J connectivity index is 1.56. The number of amides is 1. The van der Waals surface area contributed by atoms with Crippen molar-refractivity contribution in [3.63, 3.8) is 0 Å². The predicted octanol–water partition coefficient (Wildman–Crippen LogP) is 2.38. The fourth-order valence-electron chi connectivity index (χ4n) is 2.98. The summed E-state index contributed by atoms with van der Waals surface area (Å²) in [6.45, 7) is -0.334. The van der Waals surface area contributed by atoms with E-state index in [-0.39, 0.29) is 30.3 Å². The van der Waals surface area contributed by atoms with Crippen molar-refractivity contribution in [2.45, 2.75) is 6.42 Å². The smallest absolute Gasteiger partial charge is 0.311 e. The van der Waals surface area contributed by atoms with Crippen LogP contribution in [0.1, 0.15) is 16.8 Å². The first-order valence-electron chi connectivity index (χ1n) is 8.77. The Kier molecular flexibility index (Phi) is 5.87. The zero-order chi connectivity index (χ0) is 21.0. The van der Waals surface area contributed by atoms with Gasteiger partial charge >= 0.3 is 5.97 Å². The van der Waals surface area contributed by atoms with Gasteiger partial charge in [-0.3, -0.25) is 24.5 Å². The van der Waals surface area contributed by atoms with E-state index in [0.717, 1.165) is 0 Å². The molecule has 0 radical (unpaired) electrons. The number of Topliss-reactive ketones (excluding diaryl/α,β-unsaturated/α-hetero) is 1. The third-order valence-electron chi connectivity index (χ3n) is 4.59. The van der Waals surface area contributed by atoms with Gasteiger partial charge in [-0.15, -0.1) is 0 Å². The number of nitro benzene ring substituents is 1. The summed E-state index contributed by atoms with van der Waals surface area (Å²) >= 11 is 0. The number of carbonyl (C=O) groups excluding carboxylic acids is 3. The molecule has 0 unspecified atom stereocenters. The fraction of sp³-hybridized carbons (Fsp3) is 0.250. The molecule has 0 aliphatic carbocycles. The van der Waals surface area contributed by atoms with Crippen LogP contribution < -0.4 is 9.64 Å². The summed E-state index contributed by atoms with van der Waals surface area (Å²) in [6, 6.07) is 11.9. The van der Waals surface area contributed by atoms with Gasteiger partial charge in [-0.05, 0) is 36.4 Å². The molecule has 3 rings (SSSR count). The van der Waals surface area contributed by atoms with Crippen molar-refractivity contribution in [3.05, 3.63) is 64.2 Å². The van der Waals surface area contributed by atoms with E-state index in [2.05, 4.69) is 0 Å². The lowest BCUT2D eigenvalue weighted by atomic mass is 10.1. The quantitative estimate of drug-likeness (QED) is 0.304. The second-order valence-corrected chi connectivity index (χ2v) is 6.44. The molecule has 0 saturated carbocycles. The first kappa shape index (κ1) is 20.0. The highest BCUT2D eigenvalue weighted by Gasteiger charge is 2.36. The van der Waals surface area contributed by atoms with Crippen LogP contribution in [0.4, 0.5) is 11.4 Å². The molecular formula is C20H18N2O7. The summed E-state index contributed by atoms with van der Waals surface area (Å²) in [5.74, 6) is -1.39. The van der Waals surface area contributed by atoms with Crippen LogP contribution in [0.25, 0.3) is 0 Å². The normalized spacial score (nSPS) is 15.8. The zero-order valence-corrected chi connectivity index (χ0v) is 15.6. The number of methoxy groups -OCH3 is 1. The van der Waals surface area contributed by atoms with Gasteiger partial charge in [0.1, 0.15) is 5.75 Å². The Hall–Kier alpha value is -3.75. The first-order chi connectivity index (χ1) is 13.9. The van der Waals surface area contributed by atoms with Gasteiger partial charge in [-0.2, -0.15) is 0 Å². The third kappa shape index (κ3) is 4.57. The molecule has 1 amide bonds. The molecule has 0 bridgehead atoms. The zero-order valence-electron chi connectivity index (χ0n) is 15.6. The number of rotatable bonds is 7. The summed E-state index contributed by atoms with van der Waals surface area (Å²) in [5, 5.41) is 10.7. The number of anilines is 1. The van der Waals surface area contributed by atoms with Gasteiger partial charge in [0.2, 0.25) is 5.91 Å². The first-order valence-corrected chi connectivity index (χ1v) is 8.77. The third-order valence-corrected chi connectivity index (χ3v) is 4.59. The highest BCUT2D eigenvalue weighted by Crippen LogP contribution is 2.27. The van der Waals surface area contributed by atoms with E-state index in [1.54, 1.807) is 24.3 Å². The number of ketones is 1. The van der Waals surface area contributed by atoms with Crippen LogP contribution in [0.5, 0.6) is 5.75 Å². The molecule has 2 aromatic rings. The molecule has 1 atom stereocenters. The van der Waals surface area contributed by atoms with Crippen LogP contribution in [0, 0.1) is 16.0 Å². The van der Waals surface area contributed by atoms with Gasteiger partial charge in [0.05, 0.1) is 18.0 Å². The molecule has 29 heavy (non-hydrogen) atoms. The van der Waals surface area contributed by atoms with Crippen molar-refractivity contribution in [3.8, 4) is 5.75 Å². The van der Waals surface area contributed by atoms with Crippen molar-refractivity contribution >= 4 is 29.0 Å². The van der Waals surface area contributed by atoms with E-state index in [0.29, 0.717) is 17.0 Å². The standard InChI is InChI=1S/C20H18N2O7/c1-28-17-8-2-13(3-9-17)18(23)12-29-20(25)14-10-19(24)21(11-14)15-4-6-16(7-5-15)22(26)27/h2-9,14H,10-12H2,1H3/t14-/m1/s1. The van der Waals surface area contributed by atoms with E-state index in [4.69, 9.17) is 9.47 Å². The van der Waals surface area contributed by atoms with Gasteiger partial charge in [0.25, 0.3) is 5.69 Å². The van der Waals surface area contributed by atoms with E-state index in [1.165, 1.54) is 36.3 Å². The molecule has 1 heterocycles. The largest absolute Gasteiger partial charge is 0.497 e. The van der Waals surface area contributed by atoms with Crippen molar-refractivity contribution in [2.75, 3.05) is 25.2 Å². The minimum absolute atomic E-state index is 0.0491. The van der Waals surface area contributed by atoms with Crippen molar-refractivity contribution < 1.29 is 28.8 Å². The maximum atomic E-state index is 12.3. The highest BCUT2D eigenvalue weighted by molar-refractivity contribution is 6.01. The Morgan fingerprint density at radius 2 is 1.79 bits per heavy atom. The van der Waals surface area contributed by atoms with Crippen LogP contribution in [-0.4, -0.2) is 42.8 Å². The lowest BCUT2D eigenvalue weighted by molar-refractivity contribution is -0.384. The molecule has 9 heteroatoms. The maximum absolute atomic E-state index is 12.3. The maximum Gasteiger partial charge on any atom is 0.311 e. The summed E-state index contributed by atoms with van der Waals surface area (Å²) in [7, 11) is 1.52. The van der Waals surface area contributed by atoms with Gasteiger partial charge in [-0.1, -0.05) is 0 Å². The summed E-state index contributed by atoms with van der Waals surface area (Å²) in [5.41, 5.74) is 0.757. The van der Waals surface area contributed by atoms with Gasteiger partial charge in [0, 0.05) is 36.3 Å². The number of esters is 1. The predicted molar refractivity (Wildman–Crippen MR) is 102 cm³/mol. The number of hydrogen-bond acceptors (Lipinski definition) is 7. The number of nitro groups is 1.